The van der Waals surface area contributed by atoms with Crippen LogP contribution in [0.4, 0.5) is 0 Å². The van der Waals surface area contributed by atoms with E-state index in [-0.39, 0.29) is 18.9 Å². The standard InChI is InChI=1S/C17H24N2O4/c1-5-17(15(22)23,12-9-7-6-8-10-12)19-13(20)11-18-14(21)16(2,3)4/h6-10H,5,11H2,1-4H3,(H,18,21)(H,19,20)(H,22,23). The average Bonchev–Trinajstić information content (AvgIpc) is 2.49. The highest BCUT2D eigenvalue weighted by molar-refractivity contribution is 5.91. The molecule has 0 aliphatic heterocycles. The molecular weight excluding hydrogens is 296 g/mol. The van der Waals surface area contributed by atoms with E-state index in [1.54, 1.807) is 58.0 Å². The van der Waals surface area contributed by atoms with Crippen LogP contribution in [0.3, 0.4) is 0 Å². The van der Waals surface area contributed by atoms with Crippen molar-refractivity contribution in [2.75, 3.05) is 6.54 Å². The Hall–Kier alpha value is -2.37. The molecule has 0 aromatic heterocycles. The second-order valence-electron chi connectivity index (χ2n) is 6.41. The summed E-state index contributed by atoms with van der Waals surface area (Å²) < 4.78 is 0. The fourth-order valence-corrected chi connectivity index (χ4v) is 2.12. The van der Waals surface area contributed by atoms with Gasteiger partial charge < -0.3 is 15.7 Å². The van der Waals surface area contributed by atoms with E-state index in [0.717, 1.165) is 0 Å². The van der Waals surface area contributed by atoms with Crippen LogP contribution in [-0.4, -0.2) is 29.4 Å². The Morgan fingerprint density at radius 1 is 1.09 bits per heavy atom. The topological polar surface area (TPSA) is 95.5 Å². The largest absolute Gasteiger partial charge is 0.479 e. The molecule has 2 amide bonds. The molecule has 1 atom stereocenters. The molecule has 23 heavy (non-hydrogen) atoms. The zero-order chi connectivity index (χ0) is 17.7. The van der Waals surface area contributed by atoms with E-state index in [2.05, 4.69) is 10.6 Å². The van der Waals surface area contributed by atoms with Gasteiger partial charge in [0.15, 0.2) is 5.54 Å². The number of rotatable bonds is 6. The molecule has 0 radical (unpaired) electrons. The van der Waals surface area contributed by atoms with Crippen LogP contribution in [-0.2, 0) is 19.9 Å². The lowest BCUT2D eigenvalue weighted by molar-refractivity contribution is -0.148. The lowest BCUT2D eigenvalue weighted by atomic mass is 9.87. The molecule has 0 spiro atoms. The Morgan fingerprint density at radius 3 is 2.09 bits per heavy atom. The maximum Gasteiger partial charge on any atom is 0.334 e. The maximum atomic E-state index is 12.1. The van der Waals surface area contributed by atoms with E-state index in [4.69, 9.17) is 0 Å². The van der Waals surface area contributed by atoms with Crippen molar-refractivity contribution in [3.05, 3.63) is 35.9 Å². The Morgan fingerprint density at radius 2 is 1.65 bits per heavy atom. The first-order valence-electron chi connectivity index (χ1n) is 7.51. The van der Waals surface area contributed by atoms with Gasteiger partial charge in [-0.1, -0.05) is 58.0 Å². The van der Waals surface area contributed by atoms with E-state index in [1.807, 2.05) is 0 Å². The second-order valence-corrected chi connectivity index (χ2v) is 6.41. The highest BCUT2D eigenvalue weighted by Crippen LogP contribution is 2.25. The SMILES string of the molecule is CCC(NC(=O)CNC(=O)C(C)(C)C)(C(=O)O)c1ccccc1. The van der Waals surface area contributed by atoms with Crippen LogP contribution in [0.2, 0.25) is 0 Å². The molecule has 0 heterocycles. The number of carbonyl (C=O) groups is 3. The maximum absolute atomic E-state index is 12.1. The van der Waals surface area contributed by atoms with Crippen LogP contribution >= 0.6 is 0 Å². The van der Waals surface area contributed by atoms with Gasteiger partial charge in [0.25, 0.3) is 0 Å². The van der Waals surface area contributed by atoms with Crippen LogP contribution in [0.5, 0.6) is 0 Å². The zero-order valence-corrected chi connectivity index (χ0v) is 14.0. The van der Waals surface area contributed by atoms with E-state index in [1.165, 1.54) is 0 Å². The summed E-state index contributed by atoms with van der Waals surface area (Å²) in [6.45, 7) is 6.63. The molecule has 0 aliphatic carbocycles. The van der Waals surface area contributed by atoms with E-state index in [0.29, 0.717) is 5.56 Å². The van der Waals surface area contributed by atoms with Crippen LogP contribution in [0.15, 0.2) is 30.3 Å². The Balaban J connectivity index is 2.89. The third kappa shape index (κ3) is 4.55. The fourth-order valence-electron chi connectivity index (χ4n) is 2.12. The zero-order valence-electron chi connectivity index (χ0n) is 14.0. The highest BCUT2D eigenvalue weighted by Gasteiger charge is 2.40. The van der Waals surface area contributed by atoms with Crippen LogP contribution in [0, 0.1) is 5.41 Å². The smallest absolute Gasteiger partial charge is 0.334 e. The first kappa shape index (κ1) is 18.7. The summed E-state index contributed by atoms with van der Waals surface area (Å²) in [7, 11) is 0. The monoisotopic (exact) mass is 320 g/mol. The molecule has 1 aromatic carbocycles. The van der Waals surface area contributed by atoms with Gasteiger partial charge in [-0.15, -0.1) is 0 Å². The number of aliphatic carboxylic acids is 1. The van der Waals surface area contributed by atoms with Crippen molar-refractivity contribution in [3.63, 3.8) is 0 Å². The van der Waals surface area contributed by atoms with E-state index >= 15 is 0 Å². The molecule has 0 bridgehead atoms. The minimum absolute atomic E-state index is 0.186. The second kappa shape index (κ2) is 7.26. The predicted octanol–water partition coefficient (Wildman–Crippen LogP) is 1.65. The summed E-state index contributed by atoms with van der Waals surface area (Å²) in [4.78, 5) is 35.7. The van der Waals surface area contributed by atoms with Gasteiger partial charge >= 0.3 is 5.97 Å². The Labute approximate surface area is 136 Å². The van der Waals surface area contributed by atoms with Gasteiger partial charge in [-0.3, -0.25) is 9.59 Å². The summed E-state index contributed by atoms with van der Waals surface area (Å²) in [5, 5.41) is 14.7. The molecule has 6 nitrogen and oxygen atoms in total. The Kier molecular flexibility index (Phi) is 5.90. The molecule has 1 aromatic rings. The number of benzene rings is 1. The van der Waals surface area contributed by atoms with Gasteiger partial charge in [0.2, 0.25) is 11.8 Å². The van der Waals surface area contributed by atoms with Gasteiger partial charge in [0.05, 0.1) is 6.54 Å². The molecule has 1 rings (SSSR count). The van der Waals surface area contributed by atoms with Gasteiger partial charge in [0, 0.05) is 5.41 Å². The number of carbonyl (C=O) groups excluding carboxylic acids is 2. The minimum Gasteiger partial charge on any atom is -0.479 e. The predicted molar refractivity (Wildman–Crippen MR) is 86.7 cm³/mol. The molecule has 3 N–H and O–H groups in total. The van der Waals surface area contributed by atoms with Crippen molar-refractivity contribution in [2.24, 2.45) is 5.41 Å². The van der Waals surface area contributed by atoms with Gasteiger partial charge in [-0.05, 0) is 12.0 Å². The van der Waals surface area contributed by atoms with Gasteiger partial charge in [-0.2, -0.15) is 0 Å². The summed E-state index contributed by atoms with van der Waals surface area (Å²) >= 11 is 0. The minimum atomic E-state index is -1.51. The Bertz CT molecular complexity index is 578. The summed E-state index contributed by atoms with van der Waals surface area (Å²) in [5.74, 6) is -1.96. The quantitative estimate of drug-likeness (QED) is 0.743. The van der Waals surface area contributed by atoms with E-state index in [9.17, 15) is 19.5 Å². The first-order valence-corrected chi connectivity index (χ1v) is 7.51. The van der Waals surface area contributed by atoms with Crippen LogP contribution < -0.4 is 10.6 Å². The molecule has 0 aliphatic rings. The highest BCUT2D eigenvalue weighted by atomic mass is 16.4. The molecule has 1 unspecified atom stereocenters. The third-order valence-corrected chi connectivity index (χ3v) is 3.61. The number of hydrogen-bond donors (Lipinski definition) is 3. The number of nitrogens with one attached hydrogen (secondary N) is 2. The number of carboxylic acids is 1. The van der Waals surface area contributed by atoms with Crippen molar-refractivity contribution >= 4 is 17.8 Å². The van der Waals surface area contributed by atoms with Gasteiger partial charge in [0.1, 0.15) is 0 Å². The van der Waals surface area contributed by atoms with Crippen molar-refractivity contribution in [2.45, 2.75) is 39.7 Å². The molecular formula is C17H24N2O4. The summed E-state index contributed by atoms with van der Waals surface area (Å²) in [5.41, 5.74) is -1.63. The van der Waals surface area contributed by atoms with Gasteiger partial charge in [-0.25, -0.2) is 4.79 Å². The fraction of sp³-hybridized carbons (Fsp3) is 0.471. The van der Waals surface area contributed by atoms with Crippen molar-refractivity contribution < 1.29 is 19.5 Å². The van der Waals surface area contributed by atoms with E-state index < -0.39 is 22.8 Å². The number of amides is 2. The molecule has 0 fully saturated rings. The molecule has 0 saturated heterocycles. The lowest BCUT2D eigenvalue weighted by Crippen LogP contribution is -2.54. The van der Waals surface area contributed by atoms with Crippen LogP contribution in [0.1, 0.15) is 39.7 Å². The first-order chi connectivity index (χ1) is 10.6. The summed E-state index contributed by atoms with van der Waals surface area (Å²) in [6, 6.07) is 8.53. The lowest BCUT2D eigenvalue weighted by Gasteiger charge is -2.30. The van der Waals surface area contributed by atoms with Crippen molar-refractivity contribution in [1.82, 2.24) is 10.6 Å². The van der Waals surface area contributed by atoms with Crippen molar-refractivity contribution in [3.8, 4) is 0 Å². The number of carboxylic acid groups (broad SMARTS) is 1. The summed E-state index contributed by atoms with van der Waals surface area (Å²) in [6.07, 6.45) is 0.186. The average molecular weight is 320 g/mol. The molecule has 6 heteroatoms. The van der Waals surface area contributed by atoms with Crippen molar-refractivity contribution in [1.29, 1.82) is 0 Å². The molecule has 0 saturated carbocycles. The number of hydrogen-bond acceptors (Lipinski definition) is 3. The normalized spacial score (nSPS) is 13.7. The third-order valence-electron chi connectivity index (χ3n) is 3.61. The van der Waals surface area contributed by atoms with Crippen LogP contribution in [0.25, 0.3) is 0 Å². The molecule has 126 valence electrons.